The van der Waals surface area contributed by atoms with E-state index in [2.05, 4.69) is 10.2 Å². The van der Waals surface area contributed by atoms with E-state index in [0.717, 1.165) is 73.0 Å². The summed E-state index contributed by atoms with van der Waals surface area (Å²) in [7, 11) is 0. The van der Waals surface area contributed by atoms with E-state index >= 15 is 0 Å². The third-order valence-electron chi connectivity index (χ3n) is 4.86. The summed E-state index contributed by atoms with van der Waals surface area (Å²) in [6.45, 7) is 3.24. The van der Waals surface area contributed by atoms with Gasteiger partial charge in [0.2, 0.25) is 5.91 Å². The fraction of sp³-hybridized carbons (Fsp3) is 0.529. The normalized spacial score (nSPS) is 18.9. The van der Waals surface area contributed by atoms with Crippen molar-refractivity contribution in [3.63, 3.8) is 0 Å². The standard InChI is InChI=1S/C17H22N4O2S.2ClH/c18-17(5-1-2-6-17)15(22)19-12-3-4-13-14(11-12)24-16(20-13)21-7-9-23-10-8-21;;/h3-4,11H,1-2,5-10,18H2,(H,19,22);2*1H. The summed E-state index contributed by atoms with van der Waals surface area (Å²) in [6, 6.07) is 5.86. The number of anilines is 2. The number of amides is 1. The molecule has 0 radical (unpaired) electrons. The van der Waals surface area contributed by atoms with E-state index in [1.807, 2.05) is 18.2 Å². The molecule has 0 unspecified atom stereocenters. The Hall–Kier alpha value is -1.12. The number of rotatable bonds is 3. The van der Waals surface area contributed by atoms with Crippen molar-refractivity contribution < 1.29 is 9.53 Å². The van der Waals surface area contributed by atoms with Crippen molar-refractivity contribution in [1.82, 2.24) is 4.98 Å². The largest absolute Gasteiger partial charge is 0.378 e. The van der Waals surface area contributed by atoms with Crippen LogP contribution in [0.25, 0.3) is 10.2 Å². The van der Waals surface area contributed by atoms with E-state index in [9.17, 15) is 4.79 Å². The minimum Gasteiger partial charge on any atom is -0.378 e. The van der Waals surface area contributed by atoms with E-state index in [1.54, 1.807) is 11.3 Å². The Morgan fingerprint density at radius 1 is 1.23 bits per heavy atom. The summed E-state index contributed by atoms with van der Waals surface area (Å²) >= 11 is 1.65. The fourth-order valence-corrected chi connectivity index (χ4v) is 4.43. The van der Waals surface area contributed by atoms with Crippen LogP contribution in [0.15, 0.2) is 18.2 Å². The molecule has 0 bridgehead atoms. The van der Waals surface area contributed by atoms with Crippen molar-refractivity contribution >= 4 is 63.1 Å². The highest BCUT2D eigenvalue weighted by Gasteiger charge is 2.37. The number of nitrogens with two attached hydrogens (primary N) is 1. The molecule has 6 nitrogen and oxygen atoms in total. The number of halogens is 2. The van der Waals surface area contributed by atoms with Crippen molar-refractivity contribution in [2.75, 3.05) is 36.5 Å². The molecule has 0 spiro atoms. The van der Waals surface area contributed by atoms with Gasteiger partial charge < -0.3 is 20.7 Å². The van der Waals surface area contributed by atoms with Crippen LogP contribution in [-0.4, -0.2) is 42.7 Å². The van der Waals surface area contributed by atoms with Gasteiger partial charge in [-0.3, -0.25) is 4.79 Å². The number of benzene rings is 1. The van der Waals surface area contributed by atoms with Crippen molar-refractivity contribution in [2.45, 2.75) is 31.2 Å². The number of morpholine rings is 1. The van der Waals surface area contributed by atoms with Gasteiger partial charge in [0.05, 0.1) is 29.0 Å². The Bertz CT molecular complexity index is 758. The van der Waals surface area contributed by atoms with Crippen LogP contribution in [-0.2, 0) is 9.53 Å². The van der Waals surface area contributed by atoms with Gasteiger partial charge in [0.25, 0.3) is 0 Å². The second-order valence-corrected chi connectivity index (χ2v) is 7.60. The lowest BCUT2D eigenvalue weighted by Crippen LogP contribution is -2.48. The van der Waals surface area contributed by atoms with Crippen LogP contribution in [0, 0.1) is 0 Å². The van der Waals surface area contributed by atoms with E-state index in [4.69, 9.17) is 15.5 Å². The molecule has 4 rings (SSSR count). The quantitative estimate of drug-likeness (QED) is 0.799. The van der Waals surface area contributed by atoms with Crippen LogP contribution in [0.5, 0.6) is 0 Å². The zero-order chi connectivity index (χ0) is 16.6. The Morgan fingerprint density at radius 3 is 2.62 bits per heavy atom. The van der Waals surface area contributed by atoms with E-state index < -0.39 is 5.54 Å². The van der Waals surface area contributed by atoms with Gasteiger partial charge in [0.15, 0.2) is 5.13 Å². The van der Waals surface area contributed by atoms with E-state index in [1.165, 1.54) is 0 Å². The molecule has 2 aliphatic rings. The molecule has 1 saturated heterocycles. The molecule has 1 aromatic carbocycles. The SMILES string of the molecule is Cl.Cl.NC1(C(=O)Nc2ccc3nc(N4CCOCC4)sc3c2)CCCC1. The maximum absolute atomic E-state index is 12.5. The molecule has 1 aromatic heterocycles. The number of fused-ring (bicyclic) bond motifs is 1. The Morgan fingerprint density at radius 2 is 1.92 bits per heavy atom. The number of nitrogens with one attached hydrogen (secondary N) is 1. The number of hydrogen-bond donors (Lipinski definition) is 2. The number of hydrogen-bond acceptors (Lipinski definition) is 6. The number of aromatic nitrogens is 1. The van der Waals surface area contributed by atoms with Crippen molar-refractivity contribution in [1.29, 1.82) is 0 Å². The summed E-state index contributed by atoms with van der Waals surface area (Å²) in [6.07, 6.45) is 3.59. The Labute approximate surface area is 169 Å². The molecule has 0 atom stereocenters. The first-order chi connectivity index (χ1) is 11.6. The summed E-state index contributed by atoms with van der Waals surface area (Å²) in [5.74, 6) is -0.0720. The minimum atomic E-state index is -0.707. The van der Waals surface area contributed by atoms with Gasteiger partial charge in [-0.15, -0.1) is 24.8 Å². The van der Waals surface area contributed by atoms with Crippen LogP contribution in [0.2, 0.25) is 0 Å². The topological polar surface area (TPSA) is 80.5 Å². The highest BCUT2D eigenvalue weighted by atomic mass is 35.5. The lowest BCUT2D eigenvalue weighted by molar-refractivity contribution is -0.121. The monoisotopic (exact) mass is 418 g/mol. The second kappa shape index (κ2) is 8.71. The zero-order valence-electron chi connectivity index (χ0n) is 14.4. The maximum atomic E-state index is 12.5. The third-order valence-corrected chi connectivity index (χ3v) is 5.94. The second-order valence-electron chi connectivity index (χ2n) is 6.60. The lowest BCUT2D eigenvalue weighted by atomic mass is 9.98. The van der Waals surface area contributed by atoms with Gasteiger partial charge in [-0.2, -0.15) is 0 Å². The molecule has 1 saturated carbocycles. The fourth-order valence-electron chi connectivity index (χ4n) is 3.37. The molecule has 1 aliphatic carbocycles. The molecule has 26 heavy (non-hydrogen) atoms. The van der Waals surface area contributed by atoms with Crippen molar-refractivity contribution in [2.24, 2.45) is 5.73 Å². The van der Waals surface area contributed by atoms with Gasteiger partial charge in [0.1, 0.15) is 0 Å². The van der Waals surface area contributed by atoms with Crippen molar-refractivity contribution in [3.8, 4) is 0 Å². The van der Waals surface area contributed by atoms with E-state index in [-0.39, 0.29) is 30.7 Å². The average Bonchev–Trinajstić information content (AvgIpc) is 3.22. The molecule has 2 fully saturated rings. The van der Waals surface area contributed by atoms with Crippen LogP contribution >= 0.6 is 36.2 Å². The number of carbonyl (C=O) groups excluding carboxylic acids is 1. The first kappa shape index (κ1) is 21.2. The molecular formula is C17H24Cl2N4O2S. The van der Waals surface area contributed by atoms with Crippen LogP contribution in [0.3, 0.4) is 0 Å². The van der Waals surface area contributed by atoms with Gasteiger partial charge >= 0.3 is 0 Å². The number of carbonyl (C=O) groups is 1. The first-order valence-corrected chi connectivity index (χ1v) is 9.29. The molecule has 9 heteroatoms. The van der Waals surface area contributed by atoms with Gasteiger partial charge in [-0.25, -0.2) is 4.98 Å². The summed E-state index contributed by atoms with van der Waals surface area (Å²) in [5, 5.41) is 4.00. The summed E-state index contributed by atoms with van der Waals surface area (Å²) in [5.41, 5.74) is 7.27. The Kier molecular flexibility index (Phi) is 7.10. The predicted molar refractivity (Wildman–Crippen MR) is 111 cm³/mol. The van der Waals surface area contributed by atoms with Gasteiger partial charge in [0, 0.05) is 18.8 Å². The minimum absolute atomic E-state index is 0. The molecule has 144 valence electrons. The third kappa shape index (κ3) is 4.23. The molecule has 1 amide bonds. The maximum Gasteiger partial charge on any atom is 0.244 e. The first-order valence-electron chi connectivity index (χ1n) is 8.48. The zero-order valence-corrected chi connectivity index (χ0v) is 16.9. The molecule has 1 aliphatic heterocycles. The number of ether oxygens (including phenoxy) is 1. The number of thiazole rings is 1. The number of nitrogens with zero attached hydrogens (tertiary/aromatic N) is 2. The van der Waals surface area contributed by atoms with Crippen molar-refractivity contribution in [3.05, 3.63) is 18.2 Å². The molecule has 2 aromatic rings. The molecule has 3 N–H and O–H groups in total. The average molecular weight is 419 g/mol. The smallest absolute Gasteiger partial charge is 0.244 e. The molecular weight excluding hydrogens is 395 g/mol. The van der Waals surface area contributed by atoms with Crippen LogP contribution < -0.4 is 16.0 Å². The Balaban J connectivity index is 0.00000121. The van der Waals surface area contributed by atoms with Gasteiger partial charge in [-0.1, -0.05) is 24.2 Å². The lowest BCUT2D eigenvalue weighted by Gasteiger charge is -2.25. The van der Waals surface area contributed by atoms with E-state index in [0.29, 0.717) is 0 Å². The predicted octanol–water partition coefficient (Wildman–Crippen LogP) is 3.19. The molecule has 2 heterocycles. The highest BCUT2D eigenvalue weighted by Crippen LogP contribution is 2.32. The summed E-state index contributed by atoms with van der Waals surface area (Å²) < 4.78 is 6.47. The highest BCUT2D eigenvalue weighted by molar-refractivity contribution is 7.22. The van der Waals surface area contributed by atoms with Gasteiger partial charge in [-0.05, 0) is 31.0 Å². The summed E-state index contributed by atoms with van der Waals surface area (Å²) in [4.78, 5) is 19.4. The van der Waals surface area contributed by atoms with Crippen LogP contribution in [0.4, 0.5) is 10.8 Å². The van der Waals surface area contributed by atoms with Crippen LogP contribution in [0.1, 0.15) is 25.7 Å².